The summed E-state index contributed by atoms with van der Waals surface area (Å²) in [6.45, 7) is 5.69. The number of carbonyl (C=O) groups is 2. The number of Topliss-reactive ketones (excluding diaryl/α,β-unsaturated/α-hetero) is 1. The quantitative estimate of drug-likeness (QED) is 0.330. The number of nitrogens with zero attached hydrogens (tertiary/aromatic N) is 2. The molecule has 1 amide bonds. The van der Waals surface area contributed by atoms with Crippen LogP contribution in [-0.2, 0) is 4.79 Å². The minimum absolute atomic E-state index is 0.0764. The van der Waals surface area contributed by atoms with E-state index in [1.54, 1.807) is 6.92 Å². The van der Waals surface area contributed by atoms with E-state index in [4.69, 9.17) is 0 Å². The van der Waals surface area contributed by atoms with Crippen molar-refractivity contribution >= 4 is 28.7 Å². The molecular weight excluding hydrogens is 456 g/mol. The highest BCUT2D eigenvalue weighted by Crippen LogP contribution is 2.44. The maximum absolute atomic E-state index is 13.9. The smallest absolute Gasteiger partial charge is 0.294 e. The van der Waals surface area contributed by atoms with Gasteiger partial charge in [-0.2, -0.15) is 0 Å². The van der Waals surface area contributed by atoms with Crippen molar-refractivity contribution in [3.8, 4) is 10.6 Å². The molecule has 1 N–H and O–H groups in total. The van der Waals surface area contributed by atoms with Crippen LogP contribution in [0.25, 0.3) is 10.6 Å². The van der Waals surface area contributed by atoms with Crippen molar-refractivity contribution in [2.45, 2.75) is 26.8 Å². The maximum atomic E-state index is 13.9. The zero-order chi connectivity index (χ0) is 24.7. The summed E-state index contributed by atoms with van der Waals surface area (Å²) in [5, 5.41) is 11.8. The molecule has 4 aromatic rings. The maximum Gasteiger partial charge on any atom is 0.294 e. The second kappa shape index (κ2) is 8.96. The molecule has 1 aliphatic heterocycles. The number of aliphatic hydroxyl groups is 1. The van der Waals surface area contributed by atoms with Gasteiger partial charge in [-0.15, -0.1) is 11.3 Å². The van der Waals surface area contributed by atoms with Crippen LogP contribution in [0.4, 0.5) is 5.69 Å². The van der Waals surface area contributed by atoms with E-state index in [9.17, 15) is 14.7 Å². The standard InChI is InChI=1S/C29H24N2O3S/c1-17-14-15-22(18(2)16-17)31-24(20-10-6-4-7-11-20)23(26(33)29(31)34)25(32)27-19(3)30-28(35-27)21-12-8-5-9-13-21/h4-16,24,33H,1-3H3. The van der Waals surface area contributed by atoms with Gasteiger partial charge in [0.15, 0.2) is 5.76 Å². The van der Waals surface area contributed by atoms with Crippen LogP contribution in [0.2, 0.25) is 0 Å². The minimum atomic E-state index is -0.751. The summed E-state index contributed by atoms with van der Waals surface area (Å²) in [6, 6.07) is 24.0. The lowest BCUT2D eigenvalue weighted by Crippen LogP contribution is -2.31. The molecular formula is C29H24N2O3S. The first-order chi connectivity index (χ1) is 16.9. The third-order valence-electron chi connectivity index (χ3n) is 6.20. The first-order valence-electron chi connectivity index (χ1n) is 11.3. The Morgan fingerprint density at radius 3 is 2.26 bits per heavy atom. The van der Waals surface area contributed by atoms with Crippen LogP contribution in [0.15, 0.2) is 90.2 Å². The van der Waals surface area contributed by atoms with Gasteiger partial charge < -0.3 is 5.11 Å². The van der Waals surface area contributed by atoms with E-state index in [1.165, 1.54) is 16.2 Å². The minimum Gasteiger partial charge on any atom is -0.503 e. The van der Waals surface area contributed by atoms with E-state index in [-0.39, 0.29) is 11.4 Å². The zero-order valence-electron chi connectivity index (χ0n) is 19.6. The number of rotatable bonds is 5. The molecule has 0 saturated heterocycles. The predicted octanol–water partition coefficient (Wildman–Crippen LogP) is 6.52. The summed E-state index contributed by atoms with van der Waals surface area (Å²) in [7, 11) is 0. The largest absolute Gasteiger partial charge is 0.503 e. The van der Waals surface area contributed by atoms with Crippen LogP contribution in [-0.4, -0.2) is 21.8 Å². The lowest BCUT2D eigenvalue weighted by molar-refractivity contribution is -0.117. The number of carbonyl (C=O) groups excluding carboxylic acids is 2. The summed E-state index contributed by atoms with van der Waals surface area (Å²) >= 11 is 1.27. The average molecular weight is 481 g/mol. The molecule has 5 rings (SSSR count). The number of hydrogen-bond acceptors (Lipinski definition) is 5. The molecule has 3 aromatic carbocycles. The van der Waals surface area contributed by atoms with Gasteiger partial charge in [-0.1, -0.05) is 78.4 Å². The number of amides is 1. The van der Waals surface area contributed by atoms with Gasteiger partial charge in [0.2, 0.25) is 5.78 Å². The van der Waals surface area contributed by atoms with Crippen molar-refractivity contribution in [3.05, 3.63) is 117 Å². The first kappa shape index (κ1) is 22.7. The van der Waals surface area contributed by atoms with Crippen LogP contribution < -0.4 is 4.90 Å². The van der Waals surface area contributed by atoms with E-state index >= 15 is 0 Å². The molecule has 1 unspecified atom stereocenters. The molecule has 0 saturated carbocycles. The van der Waals surface area contributed by atoms with Crippen LogP contribution in [0, 0.1) is 20.8 Å². The third-order valence-corrected chi connectivity index (χ3v) is 7.41. The molecule has 0 spiro atoms. The summed E-state index contributed by atoms with van der Waals surface area (Å²) in [4.78, 5) is 33.9. The van der Waals surface area contributed by atoms with Gasteiger partial charge in [-0.3, -0.25) is 14.5 Å². The fourth-order valence-corrected chi connectivity index (χ4v) is 5.57. The first-order valence-corrected chi connectivity index (χ1v) is 12.1. The van der Waals surface area contributed by atoms with Crippen molar-refractivity contribution in [2.75, 3.05) is 4.90 Å². The van der Waals surface area contributed by atoms with Gasteiger partial charge in [0.25, 0.3) is 5.91 Å². The highest BCUT2D eigenvalue weighted by atomic mass is 32.1. The molecule has 1 aliphatic rings. The lowest BCUT2D eigenvalue weighted by atomic mass is 9.94. The molecule has 0 radical (unpaired) electrons. The van der Waals surface area contributed by atoms with Gasteiger partial charge in [0.1, 0.15) is 5.01 Å². The Hall–Kier alpha value is -4.03. The Morgan fingerprint density at radius 1 is 0.943 bits per heavy atom. The molecule has 2 heterocycles. The molecule has 0 fully saturated rings. The fourth-order valence-electron chi connectivity index (χ4n) is 4.55. The highest BCUT2D eigenvalue weighted by molar-refractivity contribution is 7.17. The van der Waals surface area contributed by atoms with Crippen molar-refractivity contribution in [3.63, 3.8) is 0 Å². The lowest BCUT2D eigenvalue weighted by Gasteiger charge is -2.28. The van der Waals surface area contributed by atoms with Crippen LogP contribution >= 0.6 is 11.3 Å². The number of benzene rings is 3. The van der Waals surface area contributed by atoms with Crippen molar-refractivity contribution in [1.29, 1.82) is 0 Å². The SMILES string of the molecule is Cc1ccc(N2C(=O)C(O)=C(C(=O)c3sc(-c4ccccc4)nc3C)C2c2ccccc2)c(C)c1. The Labute approximate surface area is 208 Å². The van der Waals surface area contributed by atoms with Crippen molar-refractivity contribution in [2.24, 2.45) is 0 Å². The number of aliphatic hydroxyl groups excluding tert-OH is 1. The monoisotopic (exact) mass is 480 g/mol. The summed E-state index contributed by atoms with van der Waals surface area (Å²) in [6.07, 6.45) is 0. The summed E-state index contributed by atoms with van der Waals surface area (Å²) in [5.41, 5.74) is 4.93. The topological polar surface area (TPSA) is 70.5 Å². The van der Waals surface area contributed by atoms with E-state index < -0.39 is 17.7 Å². The second-order valence-corrected chi connectivity index (χ2v) is 9.67. The van der Waals surface area contributed by atoms with Crippen LogP contribution in [0.3, 0.4) is 0 Å². The van der Waals surface area contributed by atoms with Crippen molar-refractivity contribution < 1.29 is 14.7 Å². The Kier molecular flexibility index (Phi) is 5.83. The predicted molar refractivity (Wildman–Crippen MR) is 139 cm³/mol. The number of aromatic nitrogens is 1. The average Bonchev–Trinajstić information content (AvgIpc) is 3.37. The van der Waals surface area contributed by atoms with E-state index in [0.29, 0.717) is 16.3 Å². The van der Waals surface area contributed by atoms with Gasteiger partial charge in [0.05, 0.1) is 22.2 Å². The Morgan fingerprint density at radius 2 is 1.60 bits per heavy atom. The molecule has 174 valence electrons. The molecule has 5 nitrogen and oxygen atoms in total. The van der Waals surface area contributed by atoms with E-state index in [0.717, 1.165) is 27.3 Å². The van der Waals surface area contributed by atoms with Crippen LogP contribution in [0.1, 0.15) is 38.1 Å². The molecule has 0 bridgehead atoms. The number of ketones is 1. The fraction of sp³-hybridized carbons (Fsp3) is 0.138. The molecule has 0 aliphatic carbocycles. The van der Waals surface area contributed by atoms with Gasteiger partial charge >= 0.3 is 0 Å². The Balaban J connectivity index is 1.64. The van der Waals surface area contributed by atoms with Crippen molar-refractivity contribution in [1.82, 2.24) is 4.98 Å². The zero-order valence-corrected chi connectivity index (χ0v) is 20.5. The normalized spacial score (nSPS) is 15.7. The van der Waals surface area contributed by atoms with Crippen LogP contribution in [0.5, 0.6) is 0 Å². The summed E-state index contributed by atoms with van der Waals surface area (Å²) in [5.74, 6) is -1.48. The van der Waals surface area contributed by atoms with Gasteiger partial charge in [0, 0.05) is 11.3 Å². The number of anilines is 1. The van der Waals surface area contributed by atoms with Gasteiger partial charge in [-0.25, -0.2) is 4.98 Å². The summed E-state index contributed by atoms with van der Waals surface area (Å²) < 4.78 is 0. The highest BCUT2D eigenvalue weighted by Gasteiger charge is 2.45. The molecule has 1 aromatic heterocycles. The number of thiazole rings is 1. The third kappa shape index (κ3) is 3.96. The number of hydrogen-bond donors (Lipinski definition) is 1. The molecule has 1 atom stereocenters. The second-order valence-electron chi connectivity index (χ2n) is 8.67. The molecule has 35 heavy (non-hydrogen) atoms. The molecule has 6 heteroatoms. The Bertz CT molecular complexity index is 1470. The van der Waals surface area contributed by atoms with Gasteiger partial charge in [-0.05, 0) is 38.0 Å². The van der Waals surface area contributed by atoms with E-state index in [1.807, 2.05) is 92.7 Å². The number of aryl methyl sites for hydroxylation is 3. The van der Waals surface area contributed by atoms with E-state index in [2.05, 4.69) is 4.98 Å².